The lowest BCUT2D eigenvalue weighted by atomic mass is 9.93. The van der Waals surface area contributed by atoms with Crippen LogP contribution in [0.4, 0.5) is 13.2 Å². The summed E-state index contributed by atoms with van der Waals surface area (Å²) >= 11 is 0. The van der Waals surface area contributed by atoms with E-state index in [0.717, 1.165) is 21.3 Å². The highest BCUT2D eigenvalue weighted by atomic mass is 19.1. The summed E-state index contributed by atoms with van der Waals surface area (Å²) in [6, 6.07) is 5.44. The maximum absolute atomic E-state index is 15.9. The Labute approximate surface area is 244 Å². The first-order valence-electron chi connectivity index (χ1n) is 13.8. The molecule has 4 heterocycles. The van der Waals surface area contributed by atoms with Gasteiger partial charge in [-0.1, -0.05) is 33.4 Å². The van der Waals surface area contributed by atoms with Gasteiger partial charge in [-0.3, -0.25) is 28.5 Å². The molecule has 1 fully saturated rings. The Balaban J connectivity index is 1.86. The van der Waals surface area contributed by atoms with Gasteiger partial charge in [0.2, 0.25) is 0 Å². The molecule has 224 valence electrons. The van der Waals surface area contributed by atoms with Crippen LogP contribution in [0.1, 0.15) is 50.4 Å². The van der Waals surface area contributed by atoms with Crippen LogP contribution in [-0.4, -0.2) is 48.1 Å². The average molecular weight is 594 g/mol. The number of phenolic OH excluding ortho intramolecular Hbond substituents is 1. The van der Waals surface area contributed by atoms with E-state index >= 15 is 4.39 Å². The minimum atomic E-state index is -1.11. The third-order valence-corrected chi connectivity index (χ3v) is 7.88. The van der Waals surface area contributed by atoms with Gasteiger partial charge in [-0.25, -0.2) is 18.2 Å². The van der Waals surface area contributed by atoms with E-state index in [-0.39, 0.29) is 42.3 Å². The molecule has 0 radical (unpaired) electrons. The van der Waals surface area contributed by atoms with Crippen molar-refractivity contribution in [3.63, 3.8) is 0 Å². The number of benzene rings is 1. The molecule has 43 heavy (non-hydrogen) atoms. The average Bonchev–Trinajstić information content (AvgIpc) is 2.95. The van der Waals surface area contributed by atoms with Crippen LogP contribution in [0, 0.1) is 24.5 Å². The molecule has 3 aromatic heterocycles. The van der Waals surface area contributed by atoms with Gasteiger partial charge < -0.3 is 10.0 Å². The smallest absolute Gasteiger partial charge is 0.322 e. The second-order valence-corrected chi connectivity index (χ2v) is 11.1. The fourth-order valence-corrected chi connectivity index (χ4v) is 5.83. The van der Waals surface area contributed by atoms with Crippen LogP contribution in [-0.2, 0) is 4.79 Å². The van der Waals surface area contributed by atoms with Gasteiger partial charge >= 0.3 is 11.1 Å². The molecule has 4 aromatic rings. The number of amides is 1. The van der Waals surface area contributed by atoms with Crippen LogP contribution in [0.25, 0.3) is 28.1 Å². The summed E-state index contributed by atoms with van der Waals surface area (Å²) in [5.41, 5.74) is -1.84. The van der Waals surface area contributed by atoms with E-state index in [1.165, 1.54) is 17.0 Å². The Morgan fingerprint density at radius 2 is 1.86 bits per heavy atom. The summed E-state index contributed by atoms with van der Waals surface area (Å²) in [6.07, 6.45) is 1.72. The number of nitrogens with zero attached hydrogens (tertiary/aromatic N) is 5. The van der Waals surface area contributed by atoms with Crippen molar-refractivity contribution in [3.8, 4) is 22.7 Å². The Kier molecular flexibility index (Phi) is 7.72. The number of aromatic nitrogens is 4. The predicted octanol–water partition coefficient (Wildman–Crippen LogP) is 4.92. The minimum absolute atomic E-state index is 0.0498. The number of aryl methyl sites for hydroxylation is 1. The first-order chi connectivity index (χ1) is 20.3. The number of pyridine rings is 2. The number of aromatic hydroxyl groups is 1. The molecule has 0 aliphatic carbocycles. The van der Waals surface area contributed by atoms with Gasteiger partial charge in [0.25, 0.3) is 5.91 Å². The fourth-order valence-electron chi connectivity index (χ4n) is 5.83. The van der Waals surface area contributed by atoms with E-state index < -0.39 is 63.5 Å². The zero-order chi connectivity index (χ0) is 31.3. The number of carbonyl (C=O) groups is 1. The van der Waals surface area contributed by atoms with E-state index in [0.29, 0.717) is 11.3 Å². The van der Waals surface area contributed by atoms with Crippen molar-refractivity contribution >= 4 is 17.1 Å². The molecule has 9 nitrogen and oxygen atoms in total. The normalized spacial score (nSPS) is 17.1. The van der Waals surface area contributed by atoms with Gasteiger partial charge in [0.15, 0.2) is 17.3 Å². The predicted molar refractivity (Wildman–Crippen MR) is 155 cm³/mol. The molecule has 0 saturated carbocycles. The van der Waals surface area contributed by atoms with Crippen LogP contribution in [0.2, 0.25) is 0 Å². The van der Waals surface area contributed by atoms with Crippen molar-refractivity contribution in [3.05, 3.63) is 92.5 Å². The number of piperidine rings is 1. The van der Waals surface area contributed by atoms with Crippen LogP contribution in [0.15, 0.2) is 58.5 Å². The summed E-state index contributed by atoms with van der Waals surface area (Å²) in [6.45, 7) is 10.4. The van der Waals surface area contributed by atoms with E-state index in [1.54, 1.807) is 26.1 Å². The van der Waals surface area contributed by atoms with Crippen LogP contribution >= 0.6 is 0 Å². The van der Waals surface area contributed by atoms with Crippen molar-refractivity contribution in [1.29, 1.82) is 0 Å². The zero-order valence-electron chi connectivity index (χ0n) is 24.1. The monoisotopic (exact) mass is 593 g/mol. The van der Waals surface area contributed by atoms with Gasteiger partial charge in [-0.2, -0.15) is 0 Å². The van der Waals surface area contributed by atoms with Crippen molar-refractivity contribution in [2.45, 2.75) is 46.1 Å². The summed E-state index contributed by atoms with van der Waals surface area (Å²) in [7, 11) is 0. The molecule has 1 aliphatic heterocycles. The number of rotatable bonds is 5. The Morgan fingerprint density at radius 1 is 1.14 bits per heavy atom. The summed E-state index contributed by atoms with van der Waals surface area (Å²) < 4.78 is 46.6. The van der Waals surface area contributed by atoms with Crippen molar-refractivity contribution in [1.82, 2.24) is 24.0 Å². The molecule has 1 saturated heterocycles. The highest BCUT2D eigenvalue weighted by Crippen LogP contribution is 2.36. The summed E-state index contributed by atoms with van der Waals surface area (Å²) in [4.78, 5) is 50.3. The Morgan fingerprint density at radius 3 is 2.49 bits per heavy atom. The van der Waals surface area contributed by atoms with Gasteiger partial charge in [-0.15, -0.1) is 0 Å². The standard InChI is InChI=1S/C31H30F3N5O4/c1-15(2)25-27(16(3)9-11-35-25)39-28-22(13-20(34)26(36-28)24-19(33)7-6-8-23(24)40)38(30(42)31(39)43)21-10-12-37(14-17(21)4)29(41)18(5)32/h6-9,11,13,15,17,21,40H,5,10,12,14H2,1-4H3/t17-,21?/m0/s1. The van der Waals surface area contributed by atoms with E-state index in [1.807, 2.05) is 13.8 Å². The topological polar surface area (TPSA) is 110 Å². The minimum Gasteiger partial charge on any atom is -0.507 e. The third kappa shape index (κ3) is 5.00. The maximum atomic E-state index is 15.9. The van der Waals surface area contributed by atoms with Crippen LogP contribution < -0.4 is 11.1 Å². The largest absolute Gasteiger partial charge is 0.507 e. The molecular weight excluding hydrogens is 563 g/mol. The first kappa shape index (κ1) is 29.7. The quantitative estimate of drug-likeness (QED) is 0.260. The number of carbonyl (C=O) groups excluding carboxylic acids is 1. The molecule has 1 amide bonds. The number of phenols is 1. The van der Waals surface area contributed by atoms with Crippen LogP contribution in [0.5, 0.6) is 5.75 Å². The molecule has 1 aromatic carbocycles. The Bertz CT molecular complexity index is 1900. The van der Waals surface area contributed by atoms with Gasteiger partial charge in [0, 0.05) is 31.4 Å². The molecule has 2 atom stereocenters. The van der Waals surface area contributed by atoms with Gasteiger partial charge in [0.05, 0.1) is 22.5 Å². The summed E-state index contributed by atoms with van der Waals surface area (Å²) in [5.74, 6) is -5.17. The van der Waals surface area contributed by atoms with Crippen molar-refractivity contribution in [2.24, 2.45) is 5.92 Å². The maximum Gasteiger partial charge on any atom is 0.322 e. The van der Waals surface area contributed by atoms with Crippen molar-refractivity contribution < 1.29 is 23.1 Å². The SMILES string of the molecule is C=C(F)C(=O)N1CCC(n2c(=O)c(=O)n(-c3c(C)ccnc3C(C)C)c3nc(-c4c(O)cccc4F)c(F)cc32)[C@@H](C)C1. The van der Waals surface area contributed by atoms with Gasteiger partial charge in [-0.05, 0) is 48.9 Å². The second kappa shape index (κ2) is 11.2. The second-order valence-electron chi connectivity index (χ2n) is 11.1. The van der Waals surface area contributed by atoms with Crippen molar-refractivity contribution in [2.75, 3.05) is 13.1 Å². The molecule has 0 spiro atoms. The third-order valence-electron chi connectivity index (χ3n) is 7.88. The lowest BCUT2D eigenvalue weighted by Gasteiger charge is -2.38. The lowest BCUT2D eigenvalue weighted by Crippen LogP contribution is -2.49. The van der Waals surface area contributed by atoms with E-state index in [4.69, 9.17) is 0 Å². The molecule has 12 heteroatoms. The van der Waals surface area contributed by atoms with Gasteiger partial charge in [0.1, 0.15) is 17.3 Å². The highest BCUT2D eigenvalue weighted by Gasteiger charge is 2.34. The lowest BCUT2D eigenvalue weighted by molar-refractivity contribution is -0.130. The number of hydrogen-bond donors (Lipinski definition) is 1. The Hall–Kier alpha value is -4.74. The first-order valence-corrected chi connectivity index (χ1v) is 13.8. The van der Waals surface area contributed by atoms with E-state index in [9.17, 15) is 28.3 Å². The molecule has 0 bridgehead atoms. The zero-order valence-corrected chi connectivity index (χ0v) is 24.1. The molecular formula is C31H30F3N5O4. The number of hydrogen-bond acceptors (Lipinski definition) is 6. The molecule has 1 unspecified atom stereocenters. The number of likely N-dealkylation sites (tertiary alicyclic amines) is 1. The molecule has 5 rings (SSSR count). The highest BCUT2D eigenvalue weighted by molar-refractivity contribution is 5.90. The van der Waals surface area contributed by atoms with Crippen LogP contribution in [0.3, 0.4) is 0 Å². The van der Waals surface area contributed by atoms with E-state index in [2.05, 4.69) is 16.5 Å². The number of fused-ring (bicyclic) bond motifs is 1. The molecule has 1 N–H and O–H groups in total. The molecule has 1 aliphatic rings. The number of halogens is 3. The fraction of sp³-hybridized carbons (Fsp3) is 0.323. The summed E-state index contributed by atoms with van der Waals surface area (Å²) in [5, 5.41) is 10.4.